The number of aromatic nitrogens is 2. The minimum atomic E-state index is -0.190. The molecule has 1 fully saturated rings. The first-order valence-corrected chi connectivity index (χ1v) is 9.84. The molecule has 0 unspecified atom stereocenters. The zero-order valence-corrected chi connectivity index (χ0v) is 17.7. The van der Waals surface area contributed by atoms with E-state index < -0.39 is 0 Å². The number of hydrogen-bond acceptors (Lipinski definition) is 7. The minimum Gasteiger partial charge on any atom is -0.496 e. The van der Waals surface area contributed by atoms with E-state index >= 15 is 0 Å². The largest absolute Gasteiger partial charge is 0.496 e. The fourth-order valence-electron chi connectivity index (χ4n) is 3.44. The molecular weight excluding hydrogens is 410 g/mol. The van der Waals surface area contributed by atoms with Crippen molar-refractivity contribution in [2.45, 2.75) is 6.92 Å². The highest BCUT2D eigenvalue weighted by atomic mass is 35.5. The second-order valence-corrected chi connectivity index (χ2v) is 7.25. The van der Waals surface area contributed by atoms with Gasteiger partial charge >= 0.3 is 6.03 Å². The van der Waals surface area contributed by atoms with Gasteiger partial charge in [0.25, 0.3) is 0 Å². The van der Waals surface area contributed by atoms with Gasteiger partial charge < -0.3 is 29.4 Å². The Labute approximate surface area is 178 Å². The molecule has 1 aliphatic rings. The van der Waals surface area contributed by atoms with Crippen LogP contribution in [0.3, 0.4) is 0 Å². The zero-order chi connectivity index (χ0) is 21.3. The summed E-state index contributed by atoms with van der Waals surface area (Å²) in [7, 11) is 3.05. The van der Waals surface area contributed by atoms with Crippen LogP contribution in [0.15, 0.2) is 22.6 Å². The highest BCUT2D eigenvalue weighted by Crippen LogP contribution is 2.42. The smallest absolute Gasteiger partial charge is 0.321 e. The Morgan fingerprint density at radius 1 is 1.20 bits per heavy atom. The molecule has 0 spiro atoms. The fraction of sp³-hybridized carbons (Fsp3) is 0.350. The molecule has 2 aromatic heterocycles. The van der Waals surface area contributed by atoms with Gasteiger partial charge in [-0.05, 0) is 36.2 Å². The van der Waals surface area contributed by atoms with Crippen LogP contribution in [0, 0.1) is 6.92 Å². The molecule has 0 saturated carbocycles. The number of halogens is 1. The highest BCUT2D eigenvalue weighted by molar-refractivity contribution is 6.29. The number of methoxy groups -OCH3 is 2. The summed E-state index contributed by atoms with van der Waals surface area (Å²) < 4.78 is 16.4. The fourth-order valence-corrected chi connectivity index (χ4v) is 3.62. The number of carbonyl (C=O) groups excluding carboxylic acids is 1. The molecule has 10 heteroatoms. The van der Waals surface area contributed by atoms with Crippen LogP contribution >= 0.6 is 11.6 Å². The third-order valence-electron chi connectivity index (χ3n) is 4.84. The number of piperazine rings is 1. The first-order valence-electron chi connectivity index (χ1n) is 9.47. The molecule has 1 aromatic carbocycles. The molecule has 3 heterocycles. The lowest BCUT2D eigenvalue weighted by molar-refractivity contribution is 0.204. The molecule has 0 atom stereocenters. The highest BCUT2D eigenvalue weighted by Gasteiger charge is 2.24. The first kappa shape index (κ1) is 20.2. The predicted molar refractivity (Wildman–Crippen MR) is 114 cm³/mol. The maximum absolute atomic E-state index is 12.9. The van der Waals surface area contributed by atoms with E-state index in [2.05, 4.69) is 20.6 Å². The number of nitrogens with zero attached hydrogens (tertiary/aromatic N) is 3. The van der Waals surface area contributed by atoms with Gasteiger partial charge in [-0.3, -0.25) is 0 Å². The molecule has 3 aromatic rings. The van der Waals surface area contributed by atoms with Crippen LogP contribution in [-0.4, -0.2) is 61.3 Å². The molecule has 0 aliphatic carbocycles. The normalized spacial score (nSPS) is 14.1. The van der Waals surface area contributed by atoms with Crippen molar-refractivity contribution in [1.29, 1.82) is 0 Å². The van der Waals surface area contributed by atoms with Gasteiger partial charge in [0.15, 0.2) is 5.22 Å². The summed E-state index contributed by atoms with van der Waals surface area (Å²) in [6.45, 7) is 4.71. The van der Waals surface area contributed by atoms with Gasteiger partial charge in [0.05, 0.1) is 25.5 Å². The number of amides is 2. The SMILES string of the molecule is COc1cc(C)cc(NC(=O)N2CCNCC2)c1-c1nc2cc(Cl)oc2nc1OC. The number of ether oxygens (including phenoxy) is 2. The third kappa shape index (κ3) is 3.86. The number of aryl methyl sites for hydroxylation is 1. The van der Waals surface area contributed by atoms with Gasteiger partial charge in [-0.1, -0.05) is 0 Å². The average molecular weight is 432 g/mol. The minimum absolute atomic E-state index is 0.173. The Bertz CT molecular complexity index is 1090. The number of benzene rings is 1. The van der Waals surface area contributed by atoms with E-state index in [0.29, 0.717) is 41.3 Å². The van der Waals surface area contributed by atoms with Crippen molar-refractivity contribution in [3.05, 3.63) is 29.0 Å². The van der Waals surface area contributed by atoms with Gasteiger partial charge in [0.1, 0.15) is 17.0 Å². The third-order valence-corrected chi connectivity index (χ3v) is 5.03. The Kier molecular flexibility index (Phi) is 5.65. The summed E-state index contributed by atoms with van der Waals surface area (Å²) in [6.07, 6.45) is 0. The number of urea groups is 1. The van der Waals surface area contributed by atoms with E-state index in [4.69, 9.17) is 25.5 Å². The molecule has 9 nitrogen and oxygen atoms in total. The van der Waals surface area contributed by atoms with Crippen molar-refractivity contribution in [3.63, 3.8) is 0 Å². The van der Waals surface area contributed by atoms with Gasteiger partial charge in [0, 0.05) is 32.2 Å². The van der Waals surface area contributed by atoms with E-state index in [1.54, 1.807) is 18.1 Å². The van der Waals surface area contributed by atoms with E-state index in [9.17, 15) is 4.79 Å². The van der Waals surface area contributed by atoms with Crippen LogP contribution in [0.4, 0.5) is 10.5 Å². The number of rotatable bonds is 4. The summed E-state index contributed by atoms with van der Waals surface area (Å²) in [5.41, 5.74) is 3.18. The zero-order valence-electron chi connectivity index (χ0n) is 16.9. The predicted octanol–water partition coefficient (Wildman–Crippen LogP) is 3.31. The van der Waals surface area contributed by atoms with Crippen molar-refractivity contribution in [2.24, 2.45) is 0 Å². The molecule has 1 saturated heterocycles. The molecule has 158 valence electrons. The molecule has 2 N–H and O–H groups in total. The maximum Gasteiger partial charge on any atom is 0.321 e. The monoisotopic (exact) mass is 431 g/mol. The Morgan fingerprint density at radius 3 is 2.67 bits per heavy atom. The Hall–Kier alpha value is -3.04. The van der Waals surface area contributed by atoms with Crippen molar-refractivity contribution in [2.75, 3.05) is 45.7 Å². The number of anilines is 1. The van der Waals surface area contributed by atoms with Crippen molar-refractivity contribution in [1.82, 2.24) is 20.2 Å². The summed E-state index contributed by atoms with van der Waals surface area (Å²) in [6, 6.07) is 5.12. The van der Waals surface area contributed by atoms with Crippen LogP contribution in [0.5, 0.6) is 11.6 Å². The van der Waals surface area contributed by atoms with Crippen LogP contribution in [0.25, 0.3) is 22.5 Å². The van der Waals surface area contributed by atoms with E-state index in [-0.39, 0.29) is 22.8 Å². The molecule has 0 bridgehead atoms. The summed E-state index contributed by atoms with van der Waals surface area (Å²) in [5.74, 6) is 0.764. The Balaban J connectivity index is 1.84. The van der Waals surface area contributed by atoms with E-state index in [0.717, 1.165) is 18.7 Å². The van der Waals surface area contributed by atoms with Crippen molar-refractivity contribution < 1.29 is 18.7 Å². The van der Waals surface area contributed by atoms with Crippen LogP contribution in [0.1, 0.15) is 5.56 Å². The summed E-state index contributed by atoms with van der Waals surface area (Å²) in [4.78, 5) is 23.7. The lowest BCUT2D eigenvalue weighted by Gasteiger charge is -2.28. The van der Waals surface area contributed by atoms with Gasteiger partial charge in [-0.2, -0.15) is 4.98 Å². The van der Waals surface area contributed by atoms with Crippen LogP contribution in [-0.2, 0) is 0 Å². The van der Waals surface area contributed by atoms with Gasteiger partial charge in [-0.25, -0.2) is 9.78 Å². The topological polar surface area (TPSA) is 102 Å². The van der Waals surface area contributed by atoms with Gasteiger partial charge in [0.2, 0.25) is 11.6 Å². The number of carbonyl (C=O) groups is 1. The number of fused-ring (bicyclic) bond motifs is 1. The van der Waals surface area contributed by atoms with E-state index in [1.165, 1.54) is 7.11 Å². The quantitative estimate of drug-likeness (QED) is 0.653. The average Bonchev–Trinajstić information content (AvgIpc) is 3.11. The van der Waals surface area contributed by atoms with Crippen molar-refractivity contribution in [3.8, 4) is 22.9 Å². The standard InChI is InChI=1S/C20H22ClN5O4/c1-11-8-12(24-20(27)26-6-4-22-5-7-26)16(14(9-11)28-2)17-19(29-3)25-18-13(23-17)10-15(21)30-18/h8-10,22H,4-7H2,1-3H3,(H,24,27). The summed E-state index contributed by atoms with van der Waals surface area (Å²) >= 11 is 5.96. The number of furan rings is 1. The van der Waals surface area contributed by atoms with Crippen LogP contribution < -0.4 is 20.1 Å². The maximum atomic E-state index is 12.9. The number of hydrogen-bond donors (Lipinski definition) is 2. The van der Waals surface area contributed by atoms with Crippen LogP contribution in [0.2, 0.25) is 5.22 Å². The molecular formula is C20H22ClN5O4. The van der Waals surface area contributed by atoms with Crippen molar-refractivity contribution >= 4 is 34.5 Å². The first-order chi connectivity index (χ1) is 14.5. The molecule has 0 radical (unpaired) electrons. The summed E-state index contributed by atoms with van der Waals surface area (Å²) in [5, 5.41) is 6.41. The van der Waals surface area contributed by atoms with E-state index in [1.807, 2.05) is 19.1 Å². The van der Waals surface area contributed by atoms with Gasteiger partial charge in [-0.15, -0.1) is 0 Å². The molecule has 30 heavy (non-hydrogen) atoms. The lowest BCUT2D eigenvalue weighted by atomic mass is 10.0. The number of nitrogens with one attached hydrogen (secondary N) is 2. The second-order valence-electron chi connectivity index (χ2n) is 6.88. The molecule has 1 aliphatic heterocycles. The second kappa shape index (κ2) is 8.37. The Morgan fingerprint density at radius 2 is 1.97 bits per heavy atom. The molecule has 4 rings (SSSR count). The lowest BCUT2D eigenvalue weighted by Crippen LogP contribution is -2.48. The molecule has 2 amide bonds.